The van der Waals surface area contributed by atoms with Gasteiger partial charge in [0.05, 0.1) is 40.9 Å². The fourth-order valence-electron chi connectivity index (χ4n) is 4.17. The number of hydrogen-bond acceptors (Lipinski definition) is 4. The molecule has 1 N–H and O–H groups in total. The second-order valence-electron chi connectivity index (χ2n) is 8.36. The van der Waals surface area contributed by atoms with Crippen molar-refractivity contribution in [1.29, 1.82) is 0 Å². The van der Waals surface area contributed by atoms with Crippen molar-refractivity contribution in [2.75, 3.05) is 5.32 Å². The predicted octanol–water partition coefficient (Wildman–Crippen LogP) is 5.54. The summed E-state index contributed by atoms with van der Waals surface area (Å²) in [6, 6.07) is 13.6. The van der Waals surface area contributed by atoms with Crippen LogP contribution in [0.2, 0.25) is 5.02 Å². The number of benzene rings is 2. The van der Waals surface area contributed by atoms with Gasteiger partial charge in [0.25, 0.3) is 5.91 Å². The van der Waals surface area contributed by atoms with E-state index < -0.39 is 5.82 Å². The Morgan fingerprint density at radius 1 is 1.14 bits per heavy atom. The van der Waals surface area contributed by atoms with Crippen LogP contribution in [0.1, 0.15) is 27.3 Å². The van der Waals surface area contributed by atoms with Crippen LogP contribution >= 0.6 is 11.6 Å². The van der Waals surface area contributed by atoms with Gasteiger partial charge < -0.3 is 5.32 Å². The molecule has 0 aliphatic carbocycles. The molecular formula is C26H22ClFN6O. The minimum atomic E-state index is -0.396. The molecule has 2 aromatic carbocycles. The van der Waals surface area contributed by atoms with Crippen LogP contribution in [0, 0.1) is 19.7 Å². The third-order valence-electron chi connectivity index (χ3n) is 5.96. The molecule has 35 heavy (non-hydrogen) atoms. The zero-order chi connectivity index (χ0) is 24.7. The van der Waals surface area contributed by atoms with E-state index in [1.165, 1.54) is 12.1 Å². The van der Waals surface area contributed by atoms with Crippen LogP contribution in [0.15, 0.2) is 60.9 Å². The Morgan fingerprint density at radius 3 is 2.69 bits per heavy atom. The number of rotatable bonds is 5. The van der Waals surface area contributed by atoms with Gasteiger partial charge in [-0.15, -0.1) is 0 Å². The summed E-state index contributed by atoms with van der Waals surface area (Å²) in [4.78, 5) is 18.2. The van der Waals surface area contributed by atoms with Crippen molar-refractivity contribution in [3.63, 3.8) is 0 Å². The van der Waals surface area contributed by atoms with Crippen LogP contribution in [-0.2, 0) is 13.6 Å². The first-order valence-corrected chi connectivity index (χ1v) is 11.4. The van der Waals surface area contributed by atoms with Gasteiger partial charge in [0, 0.05) is 34.9 Å². The summed E-state index contributed by atoms with van der Waals surface area (Å²) in [7, 11) is 1.89. The molecule has 0 unspecified atom stereocenters. The number of carbonyl (C=O) groups excluding carboxylic acids is 1. The highest BCUT2D eigenvalue weighted by atomic mass is 35.5. The van der Waals surface area contributed by atoms with E-state index in [2.05, 4.69) is 15.5 Å². The van der Waals surface area contributed by atoms with Gasteiger partial charge in [-0.1, -0.05) is 35.9 Å². The summed E-state index contributed by atoms with van der Waals surface area (Å²) in [6.45, 7) is 4.26. The molecule has 5 aromatic rings. The van der Waals surface area contributed by atoms with Crippen LogP contribution in [0.3, 0.4) is 0 Å². The number of fused-ring (bicyclic) bond motifs is 1. The second kappa shape index (κ2) is 8.96. The SMILES string of the molecule is Cc1nn(C)c(C)c1-c1cc(C(=O)Nc2cnn(Cc3ccc(F)cc3Cl)c2)c2ccccc2n1. The number of halogens is 2. The highest BCUT2D eigenvalue weighted by Gasteiger charge is 2.19. The molecule has 0 atom stereocenters. The van der Waals surface area contributed by atoms with E-state index in [1.54, 1.807) is 29.2 Å². The van der Waals surface area contributed by atoms with Gasteiger partial charge in [-0.3, -0.25) is 14.2 Å². The topological polar surface area (TPSA) is 77.6 Å². The van der Waals surface area contributed by atoms with Crippen LogP contribution in [0.4, 0.5) is 10.1 Å². The zero-order valence-corrected chi connectivity index (χ0v) is 20.1. The number of nitrogens with one attached hydrogen (secondary N) is 1. The first kappa shape index (κ1) is 22.7. The summed E-state index contributed by atoms with van der Waals surface area (Å²) in [5.74, 6) is -0.670. The highest BCUT2D eigenvalue weighted by Crippen LogP contribution is 2.29. The van der Waals surface area contributed by atoms with Crippen molar-refractivity contribution in [2.24, 2.45) is 7.05 Å². The van der Waals surface area contributed by atoms with E-state index in [-0.39, 0.29) is 5.91 Å². The number of nitrogens with zero attached hydrogens (tertiary/aromatic N) is 5. The minimum Gasteiger partial charge on any atom is -0.319 e. The minimum absolute atomic E-state index is 0.275. The smallest absolute Gasteiger partial charge is 0.256 e. The predicted molar refractivity (Wildman–Crippen MR) is 134 cm³/mol. The summed E-state index contributed by atoms with van der Waals surface area (Å²) in [5.41, 5.74) is 5.90. The normalized spacial score (nSPS) is 11.2. The molecule has 0 fully saturated rings. The standard InChI is InChI=1S/C26H22ClFN6O/c1-15-25(16(2)33(3)32-15)24-11-21(20-6-4-5-7-23(20)31-24)26(35)30-19-12-29-34(14-19)13-17-8-9-18(28)10-22(17)27/h4-12,14H,13H2,1-3H3,(H,30,35). The Balaban J connectivity index is 1.46. The number of pyridine rings is 1. The lowest BCUT2D eigenvalue weighted by atomic mass is 10.0. The number of aromatic nitrogens is 5. The third kappa shape index (κ3) is 4.40. The Bertz CT molecular complexity index is 1590. The van der Waals surface area contributed by atoms with Crippen molar-refractivity contribution in [2.45, 2.75) is 20.4 Å². The number of hydrogen-bond donors (Lipinski definition) is 1. The van der Waals surface area contributed by atoms with Crippen LogP contribution in [0.5, 0.6) is 0 Å². The molecule has 0 aliphatic rings. The Hall–Kier alpha value is -4.04. The number of para-hydroxylation sites is 1. The van der Waals surface area contributed by atoms with Crippen molar-refractivity contribution in [3.05, 3.63) is 94.3 Å². The fraction of sp³-hybridized carbons (Fsp3) is 0.154. The molecule has 0 spiro atoms. The molecule has 9 heteroatoms. The zero-order valence-electron chi connectivity index (χ0n) is 19.4. The Kier molecular flexibility index (Phi) is 5.82. The maximum absolute atomic E-state index is 13.4. The molecule has 7 nitrogen and oxygen atoms in total. The van der Waals surface area contributed by atoms with Gasteiger partial charge >= 0.3 is 0 Å². The van der Waals surface area contributed by atoms with Crippen molar-refractivity contribution in [1.82, 2.24) is 24.5 Å². The van der Waals surface area contributed by atoms with Gasteiger partial charge in [0.15, 0.2) is 0 Å². The van der Waals surface area contributed by atoms with E-state index in [1.807, 2.05) is 49.8 Å². The molecule has 0 aliphatic heterocycles. The summed E-state index contributed by atoms with van der Waals surface area (Å²) in [6.07, 6.45) is 3.27. The first-order valence-electron chi connectivity index (χ1n) is 11.0. The molecule has 176 valence electrons. The lowest BCUT2D eigenvalue weighted by Gasteiger charge is -2.10. The van der Waals surface area contributed by atoms with E-state index in [9.17, 15) is 9.18 Å². The van der Waals surface area contributed by atoms with Gasteiger partial charge in [0.2, 0.25) is 0 Å². The largest absolute Gasteiger partial charge is 0.319 e. The molecule has 1 amide bonds. The number of anilines is 1. The summed E-state index contributed by atoms with van der Waals surface area (Å²) >= 11 is 6.13. The third-order valence-corrected chi connectivity index (χ3v) is 6.32. The van der Waals surface area contributed by atoms with Crippen LogP contribution in [-0.4, -0.2) is 30.5 Å². The van der Waals surface area contributed by atoms with Crippen molar-refractivity contribution >= 4 is 34.1 Å². The second-order valence-corrected chi connectivity index (χ2v) is 8.77. The quantitative estimate of drug-likeness (QED) is 0.352. The number of aryl methyl sites for hydroxylation is 2. The fourth-order valence-corrected chi connectivity index (χ4v) is 4.40. The highest BCUT2D eigenvalue weighted by molar-refractivity contribution is 6.31. The molecule has 0 radical (unpaired) electrons. The Morgan fingerprint density at radius 2 is 1.94 bits per heavy atom. The molecule has 0 saturated carbocycles. The molecule has 0 saturated heterocycles. The first-order chi connectivity index (χ1) is 16.8. The van der Waals surface area contributed by atoms with Gasteiger partial charge in [-0.25, -0.2) is 9.37 Å². The maximum atomic E-state index is 13.4. The number of carbonyl (C=O) groups is 1. The van der Waals surface area contributed by atoms with E-state index in [0.29, 0.717) is 28.5 Å². The number of amides is 1. The van der Waals surface area contributed by atoms with E-state index in [0.717, 1.165) is 33.4 Å². The van der Waals surface area contributed by atoms with Crippen molar-refractivity contribution < 1.29 is 9.18 Å². The lowest BCUT2D eigenvalue weighted by Crippen LogP contribution is -2.13. The van der Waals surface area contributed by atoms with Crippen LogP contribution < -0.4 is 5.32 Å². The van der Waals surface area contributed by atoms with Gasteiger partial charge in [-0.05, 0) is 43.7 Å². The van der Waals surface area contributed by atoms with Gasteiger partial charge in [-0.2, -0.15) is 10.2 Å². The Labute approximate surface area is 206 Å². The van der Waals surface area contributed by atoms with Crippen LogP contribution in [0.25, 0.3) is 22.2 Å². The molecule has 3 aromatic heterocycles. The molecular weight excluding hydrogens is 467 g/mol. The van der Waals surface area contributed by atoms with Gasteiger partial charge in [0.1, 0.15) is 5.82 Å². The summed E-state index contributed by atoms with van der Waals surface area (Å²) in [5, 5.41) is 12.8. The average Bonchev–Trinajstić information content (AvgIpc) is 3.37. The average molecular weight is 489 g/mol. The molecule has 5 rings (SSSR count). The van der Waals surface area contributed by atoms with E-state index >= 15 is 0 Å². The lowest BCUT2D eigenvalue weighted by molar-refractivity contribution is 0.102. The van der Waals surface area contributed by atoms with E-state index in [4.69, 9.17) is 16.6 Å². The monoisotopic (exact) mass is 488 g/mol. The van der Waals surface area contributed by atoms with Crippen molar-refractivity contribution in [3.8, 4) is 11.3 Å². The summed E-state index contributed by atoms with van der Waals surface area (Å²) < 4.78 is 16.8. The maximum Gasteiger partial charge on any atom is 0.256 e. The molecule has 3 heterocycles. The molecule has 0 bridgehead atoms.